The molecule has 5 rings (SSSR count). The molecule has 4 aromatic rings. The first-order valence-corrected chi connectivity index (χ1v) is 15.9. The average molecular weight is 567 g/mol. The van der Waals surface area contributed by atoms with Crippen molar-refractivity contribution in [2.45, 2.75) is 23.8 Å². The highest BCUT2D eigenvalue weighted by molar-refractivity contribution is 7.92. The van der Waals surface area contributed by atoms with Gasteiger partial charge < -0.3 is 14.9 Å². The zero-order valence-electron chi connectivity index (χ0n) is 21.7. The highest BCUT2D eigenvalue weighted by atomic mass is 32.2. The summed E-state index contributed by atoms with van der Waals surface area (Å²) >= 11 is 0. The molecule has 0 saturated carbocycles. The molecule has 0 atom stereocenters. The molecule has 9 nitrogen and oxygen atoms in total. The van der Waals surface area contributed by atoms with Crippen LogP contribution in [-0.2, 0) is 26.9 Å². The summed E-state index contributed by atoms with van der Waals surface area (Å²) in [6.45, 7) is 0.718. The molecule has 0 unspecified atom stereocenters. The minimum Gasteiger partial charge on any atom is -0.382 e. The first-order chi connectivity index (χ1) is 18.5. The van der Waals surface area contributed by atoms with Gasteiger partial charge in [-0.1, -0.05) is 30.3 Å². The zero-order chi connectivity index (χ0) is 27.8. The number of nitrogens with zero attached hydrogens (tertiary/aromatic N) is 2. The molecule has 39 heavy (non-hydrogen) atoms. The monoisotopic (exact) mass is 566 g/mol. The molecule has 0 amide bonds. The van der Waals surface area contributed by atoms with Crippen molar-refractivity contribution < 1.29 is 16.8 Å². The van der Waals surface area contributed by atoms with E-state index in [0.29, 0.717) is 53.6 Å². The molecule has 1 aliphatic rings. The molecule has 1 fully saturated rings. The number of piperidine rings is 1. The molecule has 0 aliphatic carbocycles. The lowest BCUT2D eigenvalue weighted by atomic mass is 10.00. The molecule has 2 aromatic carbocycles. The van der Waals surface area contributed by atoms with Gasteiger partial charge in [0.05, 0.1) is 4.90 Å². The Morgan fingerprint density at radius 1 is 0.974 bits per heavy atom. The van der Waals surface area contributed by atoms with Crippen LogP contribution in [0.25, 0.3) is 28.1 Å². The fourth-order valence-corrected chi connectivity index (χ4v) is 6.74. The second-order valence-corrected chi connectivity index (χ2v) is 13.6. The van der Waals surface area contributed by atoms with Gasteiger partial charge in [-0.05, 0) is 48.7 Å². The van der Waals surface area contributed by atoms with E-state index in [4.69, 9.17) is 0 Å². The van der Waals surface area contributed by atoms with Crippen LogP contribution in [0.5, 0.6) is 0 Å². The van der Waals surface area contributed by atoms with E-state index in [1.54, 1.807) is 49.8 Å². The summed E-state index contributed by atoms with van der Waals surface area (Å²) in [4.78, 5) is 15.8. The average Bonchev–Trinajstić information content (AvgIpc) is 3.41. The van der Waals surface area contributed by atoms with Gasteiger partial charge in [0.1, 0.15) is 5.52 Å². The number of hydrogen-bond donors (Lipinski definition) is 2. The third-order valence-corrected chi connectivity index (χ3v) is 9.68. The van der Waals surface area contributed by atoms with E-state index < -0.39 is 19.9 Å². The van der Waals surface area contributed by atoms with Crippen LogP contribution in [0.15, 0.2) is 82.1 Å². The Bertz CT molecular complexity index is 1820. The van der Waals surface area contributed by atoms with Gasteiger partial charge in [0.15, 0.2) is 9.84 Å². The Balaban J connectivity index is 1.40. The van der Waals surface area contributed by atoms with Crippen molar-refractivity contribution >= 4 is 42.5 Å². The van der Waals surface area contributed by atoms with E-state index in [9.17, 15) is 21.6 Å². The van der Waals surface area contributed by atoms with Crippen molar-refractivity contribution in [3.8, 4) is 11.1 Å². The largest absolute Gasteiger partial charge is 0.382 e. The van der Waals surface area contributed by atoms with Gasteiger partial charge in [-0.3, -0.25) is 4.79 Å². The lowest BCUT2D eigenvalue weighted by Crippen LogP contribution is -2.41. The van der Waals surface area contributed by atoms with E-state index in [0.717, 1.165) is 11.8 Å². The predicted molar refractivity (Wildman–Crippen MR) is 155 cm³/mol. The molecular formula is C28H30N4O5S2. The number of sulfone groups is 1. The van der Waals surface area contributed by atoms with Crippen LogP contribution in [-0.4, -0.2) is 56.1 Å². The van der Waals surface area contributed by atoms with Crippen molar-refractivity contribution in [3.05, 3.63) is 88.3 Å². The number of sulfonamides is 1. The molecule has 3 heterocycles. The standard InChI is InChI=1S/C28H30N4O5S2/c1-31-19-25(23-10-14-29-27(23)28(31)33)24-18-22(38(2,34)35)8-9-26(24)30-21-11-15-32(16-12-21)39(36,37)17-13-20-6-4-3-5-7-20/h3-10,13-14,17-19,21,29-30H,11-12,15-16H2,1-2H3/b17-13+. The maximum absolute atomic E-state index is 12.9. The summed E-state index contributed by atoms with van der Waals surface area (Å²) in [6, 6.07) is 16.0. The second-order valence-electron chi connectivity index (χ2n) is 9.78. The van der Waals surface area contributed by atoms with Crippen LogP contribution in [0.4, 0.5) is 5.69 Å². The third-order valence-electron chi connectivity index (χ3n) is 7.01. The summed E-state index contributed by atoms with van der Waals surface area (Å²) in [5.74, 6) is 0. The van der Waals surface area contributed by atoms with Gasteiger partial charge in [0, 0.05) is 72.4 Å². The van der Waals surface area contributed by atoms with Gasteiger partial charge in [0.2, 0.25) is 10.0 Å². The first-order valence-electron chi connectivity index (χ1n) is 12.5. The fraction of sp³-hybridized carbons (Fsp3) is 0.250. The van der Waals surface area contributed by atoms with Gasteiger partial charge in [-0.15, -0.1) is 0 Å². The summed E-state index contributed by atoms with van der Waals surface area (Å²) in [5, 5.41) is 5.46. The molecule has 2 N–H and O–H groups in total. The minimum absolute atomic E-state index is 0.0216. The topological polar surface area (TPSA) is 121 Å². The summed E-state index contributed by atoms with van der Waals surface area (Å²) in [6.07, 6.45) is 7.32. The number of rotatable bonds is 7. The Morgan fingerprint density at radius 3 is 2.38 bits per heavy atom. The molecule has 1 saturated heterocycles. The van der Waals surface area contributed by atoms with Crippen LogP contribution < -0.4 is 10.9 Å². The smallest absolute Gasteiger partial charge is 0.274 e. The summed E-state index contributed by atoms with van der Waals surface area (Å²) in [7, 11) is -5.37. The molecule has 204 valence electrons. The molecule has 0 spiro atoms. The van der Waals surface area contributed by atoms with Crippen molar-refractivity contribution in [1.29, 1.82) is 0 Å². The van der Waals surface area contributed by atoms with Crippen LogP contribution >= 0.6 is 0 Å². The minimum atomic E-state index is -3.56. The molecule has 2 aromatic heterocycles. The Kier molecular flexibility index (Phi) is 7.23. The lowest BCUT2D eigenvalue weighted by molar-refractivity contribution is 0.333. The Hall–Kier alpha value is -3.67. The van der Waals surface area contributed by atoms with E-state index in [1.807, 2.05) is 30.3 Å². The van der Waals surface area contributed by atoms with Crippen molar-refractivity contribution in [2.75, 3.05) is 24.7 Å². The molecule has 11 heteroatoms. The summed E-state index contributed by atoms with van der Waals surface area (Å²) < 4.78 is 53.5. The SMILES string of the molecule is Cn1cc(-c2cc(S(C)(=O)=O)ccc2NC2CCN(S(=O)(=O)/C=C/c3ccccc3)CC2)c2cc[nH]c2c1=O. The number of H-pyrrole nitrogens is 1. The maximum Gasteiger partial charge on any atom is 0.274 e. The number of benzene rings is 2. The van der Waals surface area contributed by atoms with Crippen LogP contribution in [0.3, 0.4) is 0 Å². The van der Waals surface area contributed by atoms with E-state index in [1.165, 1.54) is 14.3 Å². The fourth-order valence-electron chi connectivity index (χ4n) is 4.88. The third kappa shape index (κ3) is 5.70. The van der Waals surface area contributed by atoms with Crippen molar-refractivity contribution in [2.24, 2.45) is 7.05 Å². The van der Waals surface area contributed by atoms with Crippen LogP contribution in [0, 0.1) is 0 Å². The van der Waals surface area contributed by atoms with E-state index >= 15 is 0 Å². The normalized spacial score (nSPS) is 15.7. The number of hydrogen-bond acceptors (Lipinski definition) is 6. The highest BCUT2D eigenvalue weighted by Crippen LogP contribution is 2.35. The second kappa shape index (κ2) is 10.5. The van der Waals surface area contributed by atoms with Gasteiger partial charge in [0.25, 0.3) is 5.56 Å². The zero-order valence-corrected chi connectivity index (χ0v) is 23.3. The number of aryl methyl sites for hydroxylation is 1. The lowest BCUT2D eigenvalue weighted by Gasteiger charge is -2.32. The van der Waals surface area contributed by atoms with Gasteiger partial charge in [-0.25, -0.2) is 16.8 Å². The van der Waals surface area contributed by atoms with Crippen molar-refractivity contribution in [1.82, 2.24) is 13.9 Å². The van der Waals surface area contributed by atoms with Crippen LogP contribution in [0.2, 0.25) is 0 Å². The van der Waals surface area contributed by atoms with Crippen LogP contribution in [0.1, 0.15) is 18.4 Å². The van der Waals surface area contributed by atoms with Gasteiger partial charge in [-0.2, -0.15) is 4.31 Å². The Morgan fingerprint density at radius 2 is 1.69 bits per heavy atom. The predicted octanol–water partition coefficient (Wildman–Crippen LogP) is 3.81. The molecule has 0 radical (unpaired) electrons. The first kappa shape index (κ1) is 26.9. The quantitative estimate of drug-likeness (QED) is 0.351. The highest BCUT2D eigenvalue weighted by Gasteiger charge is 2.27. The Labute approximate surface area is 227 Å². The summed E-state index contributed by atoms with van der Waals surface area (Å²) in [5.41, 5.74) is 3.16. The number of pyridine rings is 1. The number of aromatic amines is 1. The molecule has 0 bridgehead atoms. The van der Waals surface area contributed by atoms with Gasteiger partial charge >= 0.3 is 0 Å². The molecular weight excluding hydrogens is 536 g/mol. The number of fused-ring (bicyclic) bond motifs is 1. The van der Waals surface area contributed by atoms with E-state index in [2.05, 4.69) is 10.3 Å². The number of anilines is 1. The maximum atomic E-state index is 12.9. The van der Waals surface area contributed by atoms with E-state index in [-0.39, 0.29) is 16.5 Å². The number of nitrogens with one attached hydrogen (secondary N) is 2. The molecule has 1 aliphatic heterocycles. The number of aromatic nitrogens is 2. The van der Waals surface area contributed by atoms with Crippen molar-refractivity contribution in [3.63, 3.8) is 0 Å².